The highest BCUT2D eigenvalue weighted by molar-refractivity contribution is 4.22. The molecule has 0 atom stereocenters. The van der Waals surface area contributed by atoms with Gasteiger partial charge in [0.05, 0.1) is 0 Å². The van der Waals surface area contributed by atoms with Crippen molar-refractivity contribution < 1.29 is 14.2 Å². The number of rotatable bonds is 0. The van der Waals surface area contributed by atoms with E-state index in [1.807, 2.05) is 0 Å². The van der Waals surface area contributed by atoms with Gasteiger partial charge >= 0.3 is 0 Å². The Balaban J connectivity index is 0.0000000733. The Morgan fingerprint density at radius 2 is 1.00 bits per heavy atom. The van der Waals surface area contributed by atoms with Gasteiger partial charge in [0, 0.05) is 14.2 Å². The average Bonchev–Trinajstić information content (AvgIpc) is 2.19. The van der Waals surface area contributed by atoms with Crippen molar-refractivity contribution in [3.05, 3.63) is 13.2 Å². The van der Waals surface area contributed by atoms with E-state index in [1.165, 1.54) is 0 Å². The van der Waals surface area contributed by atoms with Gasteiger partial charge in [-0.15, -0.1) is 13.2 Å². The fourth-order valence-corrected chi connectivity index (χ4v) is 0. The number of hydrogen-bond acceptors (Lipinski definition) is 3. The zero-order chi connectivity index (χ0) is 4.12. The highest BCUT2D eigenvalue weighted by Gasteiger charge is 1.63. The Morgan fingerprint density at radius 3 is 1.00 bits per heavy atom. The largest absolute Gasteiger partial charge is 0.106 e. The summed E-state index contributed by atoms with van der Waals surface area (Å²) in [6, 6.07) is 0. The van der Waals surface area contributed by atoms with Crippen molar-refractivity contribution >= 4 is 0 Å². The first-order valence-electron chi connectivity index (χ1n) is 1.00. The summed E-state index contributed by atoms with van der Waals surface area (Å²) in [5.41, 5.74) is 0. The molecule has 0 radical (unpaired) electrons. The maximum absolute atomic E-state index is 3.50. The lowest BCUT2D eigenvalue weighted by atomic mass is 11.3. The summed E-state index contributed by atoms with van der Waals surface area (Å²) in [6.07, 6.45) is 0. The van der Waals surface area contributed by atoms with Crippen molar-refractivity contribution in [1.29, 1.82) is 0 Å². The maximum atomic E-state index is 3.50. The quantitative estimate of drug-likeness (QED) is 0.345. The maximum Gasteiger partial charge on any atom is 0 e. The third-order valence-electron chi connectivity index (χ3n) is 0.0680. The van der Waals surface area contributed by atoms with E-state index in [1.54, 1.807) is 0 Å². The van der Waals surface area contributed by atoms with Gasteiger partial charge in [0.1, 0.15) is 0 Å². The topological polar surface area (TPSA) is 39.4 Å². The lowest BCUT2D eigenvalue weighted by Gasteiger charge is -0.816. The monoisotopic (exact) mass is 76.0 g/mol. The summed E-state index contributed by atoms with van der Waals surface area (Å²) in [7, 11) is 0. The molecule has 1 aromatic rings. The third kappa shape index (κ3) is 208. The van der Waals surface area contributed by atoms with Gasteiger partial charge in [-0.2, -0.15) is 0 Å². The lowest BCUT2D eigenvalue weighted by molar-refractivity contribution is 0.264. The number of hydrogen-bond donors (Lipinski definition) is 0. The van der Waals surface area contributed by atoms with Crippen molar-refractivity contribution in [3.63, 3.8) is 0 Å². The molecule has 0 spiro atoms. The second-order valence-electron chi connectivity index (χ2n) is 0.204. The highest BCUT2D eigenvalue weighted by atomic mass is 17.6. The Labute approximate surface area is 28.6 Å². The fraction of sp³-hybridized carbons (Fsp3) is 0. The highest BCUT2D eigenvalue weighted by Crippen LogP contribution is 1.79. The average molecular weight is 76.1 g/mol. The van der Waals surface area contributed by atoms with E-state index < -0.39 is 0 Å². The molecule has 0 N–H and O–H groups in total. The van der Waals surface area contributed by atoms with E-state index in [0.717, 1.165) is 0 Å². The lowest BCUT2D eigenvalue weighted by Crippen LogP contribution is -0.661. The third-order valence-corrected chi connectivity index (χ3v) is 0.0680. The van der Waals surface area contributed by atoms with Crippen LogP contribution in [0.5, 0.6) is 0 Å². The van der Waals surface area contributed by atoms with E-state index in [2.05, 4.69) is 27.4 Å². The van der Waals surface area contributed by atoms with Crippen LogP contribution in [-0.4, -0.2) is 0 Å². The van der Waals surface area contributed by atoms with Crippen LogP contribution in [0.1, 0.15) is 0 Å². The molecule has 3 nitrogen and oxygen atoms in total. The van der Waals surface area contributed by atoms with E-state index in [-0.39, 0.29) is 0 Å². The fourth-order valence-electron chi connectivity index (χ4n) is 0. The molecular weight excluding hydrogens is 72.0 g/mol. The van der Waals surface area contributed by atoms with Crippen LogP contribution >= 0.6 is 0 Å². The molecule has 0 unspecified atom stereocenters. The first-order chi connectivity index (χ1) is 2.50. The van der Waals surface area contributed by atoms with Crippen molar-refractivity contribution in [2.75, 3.05) is 0 Å². The summed E-state index contributed by atoms with van der Waals surface area (Å²) >= 11 is 0. The Hall–Kier alpha value is -0.860. The Kier molecular flexibility index (Phi) is 2.60. The van der Waals surface area contributed by atoms with Crippen LogP contribution in [0.2, 0.25) is 0 Å². The normalized spacial score (nSPS) is 5.60. The van der Waals surface area contributed by atoms with Gasteiger partial charge < -0.3 is 0 Å². The van der Waals surface area contributed by atoms with Crippen molar-refractivity contribution in [2.24, 2.45) is 0 Å². The van der Waals surface area contributed by atoms with Crippen molar-refractivity contribution in [1.82, 2.24) is 0 Å². The summed E-state index contributed by atoms with van der Waals surface area (Å²) in [5, 5.41) is 0. The molecule has 0 aliphatic carbocycles. The second-order valence-corrected chi connectivity index (χ2v) is 0.204. The summed E-state index contributed by atoms with van der Waals surface area (Å²) in [6.45, 7) is 6.00. The molecule has 0 aliphatic rings. The second kappa shape index (κ2) is 3.14. The van der Waals surface area contributed by atoms with E-state index in [9.17, 15) is 0 Å². The molecule has 3 heteroatoms. The standard InChI is InChI=1S/C2H4.O3/c1-2;1-2-3-1/h1-2H2;. The van der Waals surface area contributed by atoms with Crippen LogP contribution in [-0.2, 0) is 0 Å². The van der Waals surface area contributed by atoms with Crippen LogP contribution in [0.3, 0.4) is 0 Å². The van der Waals surface area contributed by atoms with Gasteiger partial charge in [-0.1, -0.05) is 0 Å². The zero-order valence-electron chi connectivity index (χ0n) is 2.64. The zero-order valence-corrected chi connectivity index (χ0v) is 2.64. The van der Waals surface area contributed by atoms with Crippen LogP contribution < -0.4 is 0 Å². The minimum absolute atomic E-state index is 3.00. The molecule has 0 aromatic carbocycles. The Bertz CT molecular complexity index is 42.0. The summed E-state index contributed by atoms with van der Waals surface area (Å²) < 4.78 is 10.5. The van der Waals surface area contributed by atoms with Crippen molar-refractivity contribution in [3.8, 4) is 0 Å². The van der Waals surface area contributed by atoms with Gasteiger partial charge in [0.2, 0.25) is 0 Å². The Morgan fingerprint density at radius 1 is 0.800 bits per heavy atom. The van der Waals surface area contributed by atoms with Gasteiger partial charge in [0.15, 0.2) is 0 Å². The van der Waals surface area contributed by atoms with Gasteiger partial charge in [-0.05, 0) is 0 Å². The van der Waals surface area contributed by atoms with Crippen LogP contribution in [0.15, 0.2) is 27.4 Å². The van der Waals surface area contributed by atoms with Crippen LogP contribution in [0.25, 0.3) is 0 Å². The molecule has 30 valence electrons. The van der Waals surface area contributed by atoms with E-state index in [0.29, 0.717) is 0 Å². The predicted molar refractivity (Wildman–Crippen MR) is 14.5 cm³/mol. The van der Waals surface area contributed by atoms with Gasteiger partial charge in [-0.25, -0.2) is 0 Å². The molecule has 0 aliphatic heterocycles. The minimum atomic E-state index is 3.00. The molecule has 0 saturated carbocycles. The summed E-state index contributed by atoms with van der Waals surface area (Å²) in [4.78, 5) is 0. The first kappa shape index (κ1) is 4.14. The predicted octanol–water partition coefficient (Wildman–Crippen LogP) is 1.27. The molecule has 5 heavy (non-hydrogen) atoms. The smallest absolute Gasteiger partial charge is 0 e. The van der Waals surface area contributed by atoms with Crippen molar-refractivity contribution in [2.45, 2.75) is 0 Å². The summed E-state index contributed by atoms with van der Waals surface area (Å²) in [5.74, 6) is 0. The molecule has 0 amide bonds. The van der Waals surface area contributed by atoms with Crippen LogP contribution in [0, 0.1) is 0 Å². The molecule has 0 bridgehead atoms. The molecule has 0 fully saturated rings. The van der Waals surface area contributed by atoms with E-state index in [4.69, 9.17) is 0 Å². The minimum Gasteiger partial charge on any atom is -0.106 e. The molecule has 0 saturated heterocycles. The first-order valence-corrected chi connectivity index (χ1v) is 1.00. The molecular formula is C2H4O3. The molecule has 1 heterocycles. The molecule has 1 aromatic heterocycles. The molecule has 1 rings (SSSR count). The van der Waals surface area contributed by atoms with Crippen LogP contribution in [0.4, 0.5) is 0 Å². The van der Waals surface area contributed by atoms with E-state index >= 15 is 0 Å². The van der Waals surface area contributed by atoms with Gasteiger partial charge in [-0.3, -0.25) is 0 Å². The SMILES string of the molecule is C=C.o1oo1. The van der Waals surface area contributed by atoms with Gasteiger partial charge in [0.25, 0.3) is 0 Å².